The van der Waals surface area contributed by atoms with Crippen LogP contribution in [0.3, 0.4) is 0 Å². The van der Waals surface area contributed by atoms with Crippen LogP contribution in [0.5, 0.6) is 0 Å². The molecular weight excluding hydrogens is 321 g/mol. The van der Waals surface area contributed by atoms with E-state index in [1.165, 1.54) is 18.2 Å². The van der Waals surface area contributed by atoms with Crippen molar-refractivity contribution in [1.29, 1.82) is 0 Å². The molecule has 23 heavy (non-hydrogen) atoms. The van der Waals surface area contributed by atoms with Crippen LogP contribution >= 0.6 is 0 Å². The highest BCUT2D eigenvalue weighted by Gasteiger charge is 2.18. The van der Waals surface area contributed by atoms with Gasteiger partial charge in [0.1, 0.15) is 5.82 Å². The van der Waals surface area contributed by atoms with E-state index in [-0.39, 0.29) is 22.8 Å². The van der Waals surface area contributed by atoms with Gasteiger partial charge in [0.15, 0.2) is 0 Å². The van der Waals surface area contributed by atoms with Crippen LogP contribution in [0.15, 0.2) is 47.4 Å². The predicted molar refractivity (Wildman–Crippen MR) is 84.3 cm³/mol. The molecule has 0 aromatic heterocycles. The molecule has 0 atom stereocenters. The van der Waals surface area contributed by atoms with Crippen molar-refractivity contribution in [1.82, 2.24) is 0 Å². The van der Waals surface area contributed by atoms with Crippen molar-refractivity contribution in [2.24, 2.45) is 0 Å². The third-order valence-electron chi connectivity index (χ3n) is 3.05. The molecule has 0 saturated heterocycles. The first-order chi connectivity index (χ1) is 10.8. The minimum atomic E-state index is -3.95. The van der Waals surface area contributed by atoms with Gasteiger partial charge in [0, 0.05) is 0 Å². The van der Waals surface area contributed by atoms with Crippen molar-refractivity contribution in [3.05, 3.63) is 59.4 Å². The summed E-state index contributed by atoms with van der Waals surface area (Å²) in [6.45, 7) is 3.63. The Balaban J connectivity index is 2.33. The second kappa shape index (κ2) is 6.78. The lowest BCUT2D eigenvalue weighted by Crippen LogP contribution is -2.15. The van der Waals surface area contributed by atoms with Gasteiger partial charge in [0.25, 0.3) is 10.0 Å². The fourth-order valence-electron chi connectivity index (χ4n) is 1.87. The zero-order valence-corrected chi connectivity index (χ0v) is 13.5. The molecule has 0 bridgehead atoms. The number of esters is 1. The van der Waals surface area contributed by atoms with Crippen LogP contribution in [0.25, 0.3) is 0 Å². The van der Waals surface area contributed by atoms with Gasteiger partial charge in [0.2, 0.25) is 0 Å². The molecule has 2 rings (SSSR count). The number of aryl methyl sites for hydroxylation is 1. The number of hydrogen-bond acceptors (Lipinski definition) is 4. The molecule has 0 amide bonds. The van der Waals surface area contributed by atoms with Gasteiger partial charge in [-0.2, -0.15) is 0 Å². The number of hydrogen-bond donors (Lipinski definition) is 1. The Labute approximate surface area is 134 Å². The second-order valence-corrected chi connectivity index (χ2v) is 6.52. The Morgan fingerprint density at radius 2 is 1.83 bits per heavy atom. The second-order valence-electron chi connectivity index (χ2n) is 4.83. The van der Waals surface area contributed by atoms with E-state index in [1.54, 1.807) is 19.1 Å². The van der Waals surface area contributed by atoms with E-state index in [0.717, 1.165) is 17.7 Å². The molecular formula is C16H16FNO4S. The number of benzene rings is 2. The lowest BCUT2D eigenvalue weighted by atomic mass is 10.2. The summed E-state index contributed by atoms with van der Waals surface area (Å²) in [5.74, 6) is -1.43. The standard InChI is InChI=1S/C16H16FNO4S/c1-3-22-16(19)12-6-9-14(17)15(10-12)18-23(20,21)13-7-4-11(2)5-8-13/h4-10,18H,3H2,1-2H3. The van der Waals surface area contributed by atoms with Crippen LogP contribution in [-0.4, -0.2) is 21.0 Å². The minimum absolute atomic E-state index is 0.00374. The van der Waals surface area contributed by atoms with Gasteiger partial charge in [-0.3, -0.25) is 4.72 Å². The molecule has 5 nitrogen and oxygen atoms in total. The van der Waals surface area contributed by atoms with Gasteiger partial charge >= 0.3 is 5.97 Å². The highest BCUT2D eigenvalue weighted by molar-refractivity contribution is 7.92. The molecule has 0 aliphatic carbocycles. The van der Waals surface area contributed by atoms with E-state index in [0.29, 0.717) is 0 Å². The van der Waals surface area contributed by atoms with E-state index in [9.17, 15) is 17.6 Å². The number of halogens is 1. The van der Waals surface area contributed by atoms with Crippen LogP contribution in [0.2, 0.25) is 0 Å². The van der Waals surface area contributed by atoms with E-state index in [1.807, 2.05) is 6.92 Å². The van der Waals surface area contributed by atoms with Crippen molar-refractivity contribution in [2.75, 3.05) is 11.3 Å². The summed E-state index contributed by atoms with van der Waals surface area (Å²) < 4.78 is 45.4. The van der Waals surface area contributed by atoms with Crippen molar-refractivity contribution in [3.63, 3.8) is 0 Å². The Bertz CT molecular complexity index is 816. The first-order valence-corrected chi connectivity index (χ1v) is 8.38. The summed E-state index contributed by atoms with van der Waals surface area (Å²) >= 11 is 0. The Kier molecular flexibility index (Phi) is 5.00. The minimum Gasteiger partial charge on any atom is -0.462 e. The van der Waals surface area contributed by atoms with Gasteiger partial charge < -0.3 is 4.74 Å². The smallest absolute Gasteiger partial charge is 0.338 e. The summed E-state index contributed by atoms with van der Waals surface area (Å²) in [5, 5.41) is 0. The normalized spacial score (nSPS) is 11.1. The molecule has 0 aliphatic rings. The topological polar surface area (TPSA) is 72.5 Å². The monoisotopic (exact) mass is 337 g/mol. The molecule has 0 unspecified atom stereocenters. The molecule has 1 N–H and O–H groups in total. The quantitative estimate of drug-likeness (QED) is 0.851. The average molecular weight is 337 g/mol. The molecule has 7 heteroatoms. The highest BCUT2D eigenvalue weighted by atomic mass is 32.2. The largest absolute Gasteiger partial charge is 0.462 e. The maximum Gasteiger partial charge on any atom is 0.338 e. The maximum absolute atomic E-state index is 13.8. The van der Waals surface area contributed by atoms with Crippen molar-refractivity contribution < 1.29 is 22.3 Å². The van der Waals surface area contributed by atoms with Crippen molar-refractivity contribution >= 4 is 21.7 Å². The van der Waals surface area contributed by atoms with E-state index in [2.05, 4.69) is 4.72 Å². The number of nitrogens with one attached hydrogen (secondary N) is 1. The van der Waals surface area contributed by atoms with Crippen LogP contribution in [0.1, 0.15) is 22.8 Å². The summed E-state index contributed by atoms with van der Waals surface area (Å²) in [6, 6.07) is 9.48. The van der Waals surface area contributed by atoms with Gasteiger partial charge in [-0.05, 0) is 44.2 Å². The Morgan fingerprint density at radius 1 is 1.17 bits per heavy atom. The zero-order valence-electron chi connectivity index (χ0n) is 12.7. The molecule has 0 heterocycles. The van der Waals surface area contributed by atoms with Crippen LogP contribution in [0.4, 0.5) is 10.1 Å². The third-order valence-corrected chi connectivity index (χ3v) is 4.43. The number of ether oxygens (including phenoxy) is 1. The van der Waals surface area contributed by atoms with E-state index >= 15 is 0 Å². The SMILES string of the molecule is CCOC(=O)c1ccc(F)c(NS(=O)(=O)c2ccc(C)cc2)c1. The molecule has 0 saturated carbocycles. The predicted octanol–water partition coefficient (Wildman–Crippen LogP) is 3.11. The summed E-state index contributed by atoms with van der Waals surface area (Å²) in [5.41, 5.74) is 0.658. The molecule has 0 radical (unpaired) electrons. The van der Waals surface area contributed by atoms with E-state index < -0.39 is 21.8 Å². The summed E-state index contributed by atoms with van der Waals surface area (Å²) in [4.78, 5) is 11.7. The third kappa shape index (κ3) is 4.07. The number of carbonyl (C=O) groups excluding carboxylic acids is 1. The van der Waals surface area contributed by atoms with Crippen molar-refractivity contribution in [2.45, 2.75) is 18.7 Å². The summed E-state index contributed by atoms with van der Waals surface area (Å²) in [7, 11) is -3.95. The van der Waals surface area contributed by atoms with Gasteiger partial charge in [-0.15, -0.1) is 0 Å². The fraction of sp³-hybridized carbons (Fsp3) is 0.188. The lowest BCUT2D eigenvalue weighted by molar-refractivity contribution is 0.0526. The fourth-order valence-corrected chi connectivity index (χ4v) is 2.92. The molecule has 0 spiro atoms. The van der Waals surface area contributed by atoms with Gasteiger partial charge in [0.05, 0.1) is 22.8 Å². The van der Waals surface area contributed by atoms with Crippen LogP contribution in [-0.2, 0) is 14.8 Å². The number of rotatable bonds is 5. The first kappa shape index (κ1) is 17.0. The van der Waals surface area contributed by atoms with E-state index in [4.69, 9.17) is 4.74 Å². The van der Waals surface area contributed by atoms with Crippen molar-refractivity contribution in [3.8, 4) is 0 Å². The molecule has 0 fully saturated rings. The highest BCUT2D eigenvalue weighted by Crippen LogP contribution is 2.21. The van der Waals surface area contributed by atoms with Crippen LogP contribution < -0.4 is 4.72 Å². The first-order valence-electron chi connectivity index (χ1n) is 6.89. The van der Waals surface area contributed by atoms with Crippen LogP contribution in [0, 0.1) is 12.7 Å². The van der Waals surface area contributed by atoms with Gasteiger partial charge in [-0.1, -0.05) is 17.7 Å². The molecule has 0 aliphatic heterocycles. The lowest BCUT2D eigenvalue weighted by Gasteiger charge is -2.10. The average Bonchev–Trinajstić information content (AvgIpc) is 2.50. The molecule has 2 aromatic rings. The maximum atomic E-state index is 13.8. The Morgan fingerprint density at radius 3 is 2.43 bits per heavy atom. The Hall–Kier alpha value is -2.41. The number of carbonyl (C=O) groups is 1. The molecule has 122 valence electrons. The number of sulfonamides is 1. The molecule has 2 aromatic carbocycles. The number of anilines is 1. The van der Waals surface area contributed by atoms with Gasteiger partial charge in [-0.25, -0.2) is 17.6 Å². The zero-order chi connectivity index (χ0) is 17.0. The summed E-state index contributed by atoms with van der Waals surface area (Å²) in [6.07, 6.45) is 0.